The quantitative estimate of drug-likeness (QED) is 0.799. The van der Waals surface area contributed by atoms with Crippen LogP contribution in [-0.4, -0.2) is 53.7 Å². The van der Waals surface area contributed by atoms with Gasteiger partial charge >= 0.3 is 0 Å². The summed E-state index contributed by atoms with van der Waals surface area (Å²) in [6, 6.07) is 9.32. The van der Waals surface area contributed by atoms with E-state index in [2.05, 4.69) is 23.1 Å². The highest BCUT2D eigenvalue weighted by Crippen LogP contribution is 2.47. The molecule has 5 rings (SSSR count). The Hall–Kier alpha value is -1.66. The number of benzene rings is 1. The van der Waals surface area contributed by atoms with Gasteiger partial charge in [0.05, 0.1) is 15.8 Å². The predicted molar refractivity (Wildman–Crippen MR) is 94.5 cm³/mol. The molecule has 6 heteroatoms. The third kappa shape index (κ3) is 2.16. The van der Waals surface area contributed by atoms with E-state index in [1.54, 1.807) is 11.3 Å². The van der Waals surface area contributed by atoms with Crippen molar-refractivity contribution in [3.8, 4) is 0 Å². The first-order valence-corrected chi connectivity index (χ1v) is 9.47. The van der Waals surface area contributed by atoms with Gasteiger partial charge in [0.15, 0.2) is 5.13 Å². The van der Waals surface area contributed by atoms with Crippen molar-refractivity contribution >= 4 is 32.6 Å². The number of carbonyl (C=O) groups excluding carboxylic acids is 1. The summed E-state index contributed by atoms with van der Waals surface area (Å²) >= 11 is 1.80. The third-order valence-electron chi connectivity index (χ3n) is 5.79. The van der Waals surface area contributed by atoms with E-state index in [0.717, 1.165) is 30.0 Å². The average Bonchev–Trinajstić information content (AvgIpc) is 3.10. The van der Waals surface area contributed by atoms with Crippen molar-refractivity contribution in [2.75, 3.05) is 25.1 Å². The second-order valence-corrected chi connectivity index (χ2v) is 8.40. The number of carbonyl (C=O) groups is 1. The summed E-state index contributed by atoms with van der Waals surface area (Å²) in [5.41, 5.74) is 0.943. The number of likely N-dealkylation sites (N-methyl/N-ethyl adjacent to an activating group) is 1. The number of aromatic nitrogens is 1. The zero-order chi connectivity index (χ0) is 16.3. The highest BCUT2D eigenvalue weighted by molar-refractivity contribution is 7.22. The standard InChI is InChI=1S/C18H21N3O2S/c1-20-11-18(23-10-16(20)22)8-12-6-7-13(9-18)21(12)17-19-14-4-2-3-5-15(14)24-17/h2-5,12-13H,6-11H2,1H3. The topological polar surface area (TPSA) is 45.7 Å². The van der Waals surface area contributed by atoms with E-state index in [0.29, 0.717) is 12.1 Å². The van der Waals surface area contributed by atoms with Crippen LogP contribution in [0.1, 0.15) is 25.7 Å². The van der Waals surface area contributed by atoms with Gasteiger partial charge < -0.3 is 14.5 Å². The maximum Gasteiger partial charge on any atom is 0.248 e. The van der Waals surface area contributed by atoms with Crippen molar-refractivity contribution in [3.05, 3.63) is 24.3 Å². The first-order valence-electron chi connectivity index (χ1n) is 8.65. The first-order chi connectivity index (χ1) is 11.6. The summed E-state index contributed by atoms with van der Waals surface area (Å²) in [6.07, 6.45) is 4.39. The van der Waals surface area contributed by atoms with Gasteiger partial charge in [0.25, 0.3) is 0 Å². The molecule has 2 unspecified atom stereocenters. The molecule has 3 fully saturated rings. The lowest BCUT2D eigenvalue weighted by molar-refractivity contribution is -0.166. The zero-order valence-corrected chi connectivity index (χ0v) is 14.6. The Morgan fingerprint density at radius 1 is 1.25 bits per heavy atom. The minimum absolute atomic E-state index is 0.0987. The van der Waals surface area contributed by atoms with E-state index < -0.39 is 0 Å². The maximum atomic E-state index is 11.8. The number of thiazole rings is 1. The molecule has 2 atom stereocenters. The van der Waals surface area contributed by atoms with Gasteiger partial charge in [-0.05, 0) is 37.8 Å². The Labute approximate surface area is 145 Å². The Bertz CT molecular complexity index is 757. The largest absolute Gasteiger partial charge is 0.363 e. The molecule has 3 saturated heterocycles. The van der Waals surface area contributed by atoms with Crippen LogP contribution >= 0.6 is 11.3 Å². The maximum absolute atomic E-state index is 11.8. The van der Waals surface area contributed by atoms with E-state index in [1.807, 2.05) is 18.0 Å². The third-order valence-corrected chi connectivity index (χ3v) is 6.84. The molecule has 1 aromatic heterocycles. The number of morpholine rings is 1. The van der Waals surface area contributed by atoms with Crippen LogP contribution in [-0.2, 0) is 9.53 Å². The van der Waals surface area contributed by atoms with Gasteiger partial charge in [0, 0.05) is 25.7 Å². The van der Waals surface area contributed by atoms with Gasteiger partial charge in [0.2, 0.25) is 5.91 Å². The van der Waals surface area contributed by atoms with Crippen LogP contribution in [0.4, 0.5) is 5.13 Å². The van der Waals surface area contributed by atoms with Crippen LogP contribution in [0.15, 0.2) is 24.3 Å². The molecule has 0 saturated carbocycles. The summed E-state index contributed by atoms with van der Waals surface area (Å²) in [5, 5.41) is 1.15. The fraction of sp³-hybridized carbons (Fsp3) is 0.556. The first kappa shape index (κ1) is 14.7. The number of amides is 1. The van der Waals surface area contributed by atoms with E-state index in [-0.39, 0.29) is 18.1 Å². The lowest BCUT2D eigenvalue weighted by Gasteiger charge is -2.49. The number of fused-ring (bicyclic) bond motifs is 3. The van der Waals surface area contributed by atoms with Crippen LogP contribution in [0, 0.1) is 0 Å². The number of rotatable bonds is 1. The highest BCUT2D eigenvalue weighted by atomic mass is 32.1. The zero-order valence-electron chi connectivity index (χ0n) is 13.8. The minimum atomic E-state index is -0.151. The Morgan fingerprint density at radius 3 is 2.71 bits per heavy atom. The van der Waals surface area contributed by atoms with Gasteiger partial charge in [0.1, 0.15) is 6.61 Å². The van der Waals surface area contributed by atoms with Crippen LogP contribution in [0.3, 0.4) is 0 Å². The summed E-state index contributed by atoms with van der Waals surface area (Å²) in [6.45, 7) is 0.962. The molecule has 1 spiro atoms. The summed E-state index contributed by atoms with van der Waals surface area (Å²) in [5.74, 6) is 0.0987. The van der Waals surface area contributed by atoms with Crippen molar-refractivity contribution in [2.24, 2.45) is 0 Å². The van der Waals surface area contributed by atoms with Crippen molar-refractivity contribution in [3.63, 3.8) is 0 Å². The number of piperidine rings is 1. The van der Waals surface area contributed by atoms with Crippen molar-refractivity contribution in [2.45, 2.75) is 43.4 Å². The Balaban J connectivity index is 1.44. The molecular weight excluding hydrogens is 322 g/mol. The van der Waals surface area contributed by atoms with E-state index >= 15 is 0 Å². The van der Waals surface area contributed by atoms with Gasteiger partial charge in [-0.15, -0.1) is 0 Å². The molecule has 1 amide bonds. The van der Waals surface area contributed by atoms with Crippen molar-refractivity contribution < 1.29 is 9.53 Å². The molecule has 24 heavy (non-hydrogen) atoms. The van der Waals surface area contributed by atoms with Crippen LogP contribution in [0.2, 0.25) is 0 Å². The monoisotopic (exact) mass is 343 g/mol. The number of hydrogen-bond donors (Lipinski definition) is 0. The molecule has 1 aromatic carbocycles. The van der Waals surface area contributed by atoms with E-state index in [4.69, 9.17) is 9.72 Å². The average molecular weight is 343 g/mol. The molecule has 3 aliphatic rings. The predicted octanol–water partition coefficient (Wildman–Crippen LogP) is 2.65. The van der Waals surface area contributed by atoms with Gasteiger partial charge in [-0.1, -0.05) is 23.5 Å². The van der Waals surface area contributed by atoms with Gasteiger partial charge in [-0.25, -0.2) is 4.98 Å². The second-order valence-electron chi connectivity index (χ2n) is 7.39. The van der Waals surface area contributed by atoms with Crippen LogP contribution < -0.4 is 4.90 Å². The number of nitrogens with zero attached hydrogens (tertiary/aromatic N) is 3. The smallest absolute Gasteiger partial charge is 0.248 e. The minimum Gasteiger partial charge on any atom is -0.363 e. The molecule has 5 nitrogen and oxygen atoms in total. The lowest BCUT2D eigenvalue weighted by Crippen LogP contribution is -2.60. The van der Waals surface area contributed by atoms with Crippen LogP contribution in [0.5, 0.6) is 0 Å². The molecule has 3 aliphatic heterocycles. The highest BCUT2D eigenvalue weighted by Gasteiger charge is 2.52. The second kappa shape index (κ2) is 5.17. The summed E-state index contributed by atoms with van der Waals surface area (Å²) in [4.78, 5) is 21.0. The number of ether oxygens (including phenoxy) is 1. The normalized spacial score (nSPS) is 33.0. The Kier molecular flexibility index (Phi) is 3.16. The Morgan fingerprint density at radius 2 is 2.00 bits per heavy atom. The summed E-state index contributed by atoms with van der Waals surface area (Å²) in [7, 11) is 1.90. The van der Waals surface area contributed by atoms with Crippen molar-refractivity contribution in [1.82, 2.24) is 9.88 Å². The molecule has 2 bridgehead atoms. The number of hydrogen-bond acceptors (Lipinski definition) is 5. The molecule has 4 heterocycles. The van der Waals surface area contributed by atoms with E-state index in [1.165, 1.54) is 17.5 Å². The fourth-order valence-corrected chi connectivity index (χ4v) is 5.83. The molecule has 2 aromatic rings. The molecule has 126 valence electrons. The lowest BCUT2D eigenvalue weighted by atomic mass is 9.84. The SMILES string of the molecule is CN1CC2(CC3CCC(C2)N3c2nc3ccccc3s2)OCC1=O. The molecular formula is C18H21N3O2S. The molecule has 0 N–H and O–H groups in total. The number of para-hydroxylation sites is 1. The number of anilines is 1. The van der Waals surface area contributed by atoms with Crippen molar-refractivity contribution in [1.29, 1.82) is 0 Å². The molecule has 0 aliphatic carbocycles. The van der Waals surface area contributed by atoms with Gasteiger partial charge in [-0.3, -0.25) is 4.79 Å². The van der Waals surface area contributed by atoms with Gasteiger partial charge in [-0.2, -0.15) is 0 Å². The molecule has 0 radical (unpaired) electrons. The van der Waals surface area contributed by atoms with E-state index in [9.17, 15) is 4.79 Å². The van der Waals surface area contributed by atoms with Crippen LogP contribution in [0.25, 0.3) is 10.2 Å². The summed E-state index contributed by atoms with van der Waals surface area (Å²) < 4.78 is 7.33. The fourth-order valence-electron chi connectivity index (χ4n) is 4.72.